The van der Waals surface area contributed by atoms with Gasteiger partial charge in [0, 0.05) is 39.3 Å². The maximum absolute atomic E-state index is 13.2. The molecule has 5 nitrogen and oxygen atoms in total. The molecule has 0 atom stereocenters. The molecular weight excluding hydrogens is 482 g/mol. The summed E-state index contributed by atoms with van der Waals surface area (Å²) < 4.78 is 0. The molecule has 0 aromatic heterocycles. The predicted molar refractivity (Wildman–Crippen MR) is 157 cm³/mol. The fourth-order valence-electron chi connectivity index (χ4n) is 4.51. The van der Waals surface area contributed by atoms with E-state index in [2.05, 4.69) is 29.6 Å². The van der Waals surface area contributed by atoms with Gasteiger partial charge >= 0.3 is 0 Å². The maximum Gasteiger partial charge on any atom is 0.227 e. The van der Waals surface area contributed by atoms with Gasteiger partial charge in [-0.2, -0.15) is 0 Å². The molecule has 0 radical (unpaired) electrons. The summed E-state index contributed by atoms with van der Waals surface area (Å²) in [5.41, 5.74) is 4.25. The van der Waals surface area contributed by atoms with Crippen LogP contribution in [0.2, 0.25) is 0 Å². The molecule has 2 amide bonds. The molecule has 0 heterocycles. The fraction of sp³-hybridized carbons (Fsp3) is 0.235. The number of hydrogen-bond donors (Lipinski definition) is 1. The second kappa shape index (κ2) is 15.3. The molecule has 4 rings (SSSR count). The van der Waals surface area contributed by atoms with Gasteiger partial charge in [0.1, 0.15) is 0 Å². The first kappa shape index (κ1) is 27.8. The van der Waals surface area contributed by atoms with Gasteiger partial charge in [0.15, 0.2) is 0 Å². The van der Waals surface area contributed by atoms with Crippen LogP contribution in [-0.4, -0.2) is 47.8 Å². The second-order valence-electron chi connectivity index (χ2n) is 9.68. The number of hydrogen-bond acceptors (Lipinski definition) is 3. The van der Waals surface area contributed by atoms with Gasteiger partial charge in [-0.1, -0.05) is 121 Å². The number of amides is 2. The van der Waals surface area contributed by atoms with Crippen molar-refractivity contribution in [2.75, 3.05) is 26.2 Å². The Morgan fingerprint density at radius 2 is 0.769 bits per heavy atom. The van der Waals surface area contributed by atoms with Crippen LogP contribution in [0.15, 0.2) is 121 Å². The number of carbonyl (C=O) groups is 2. The van der Waals surface area contributed by atoms with E-state index in [1.165, 1.54) is 0 Å². The van der Waals surface area contributed by atoms with E-state index >= 15 is 0 Å². The molecule has 39 heavy (non-hydrogen) atoms. The summed E-state index contributed by atoms with van der Waals surface area (Å²) >= 11 is 0. The van der Waals surface area contributed by atoms with Gasteiger partial charge in [-0.15, -0.1) is 0 Å². The van der Waals surface area contributed by atoms with E-state index in [4.69, 9.17) is 0 Å². The molecule has 0 bridgehead atoms. The molecule has 5 heteroatoms. The first-order chi connectivity index (χ1) is 19.2. The number of carbonyl (C=O) groups excluding carboxylic acids is 2. The zero-order valence-electron chi connectivity index (χ0n) is 22.4. The summed E-state index contributed by atoms with van der Waals surface area (Å²) in [4.78, 5) is 30.2. The van der Waals surface area contributed by atoms with Gasteiger partial charge in [0.25, 0.3) is 0 Å². The van der Waals surface area contributed by atoms with Crippen LogP contribution in [0, 0.1) is 0 Å². The molecule has 0 spiro atoms. The van der Waals surface area contributed by atoms with Gasteiger partial charge in [-0.05, 0) is 22.3 Å². The van der Waals surface area contributed by atoms with E-state index in [0.29, 0.717) is 52.1 Å². The smallest absolute Gasteiger partial charge is 0.227 e. The maximum atomic E-state index is 13.2. The van der Waals surface area contributed by atoms with E-state index in [1.54, 1.807) is 0 Å². The third-order valence-corrected chi connectivity index (χ3v) is 6.65. The topological polar surface area (TPSA) is 52.7 Å². The van der Waals surface area contributed by atoms with Crippen molar-refractivity contribution in [3.63, 3.8) is 0 Å². The number of nitrogens with zero attached hydrogens (tertiary/aromatic N) is 2. The quantitative estimate of drug-likeness (QED) is 0.235. The van der Waals surface area contributed by atoms with Gasteiger partial charge in [0.2, 0.25) is 11.8 Å². The van der Waals surface area contributed by atoms with Crippen molar-refractivity contribution in [3.05, 3.63) is 144 Å². The van der Waals surface area contributed by atoms with Gasteiger partial charge in [-0.25, -0.2) is 0 Å². The average molecular weight is 520 g/mol. The summed E-state index contributed by atoms with van der Waals surface area (Å²) in [6, 6.07) is 39.9. The highest BCUT2D eigenvalue weighted by Crippen LogP contribution is 2.10. The molecule has 0 aliphatic carbocycles. The minimum Gasteiger partial charge on any atom is -0.337 e. The van der Waals surface area contributed by atoms with Crippen molar-refractivity contribution >= 4 is 11.8 Å². The summed E-state index contributed by atoms with van der Waals surface area (Å²) in [5.74, 6) is 0.214. The van der Waals surface area contributed by atoms with E-state index < -0.39 is 0 Å². The standard InChI is InChI=1S/C34H37N3O2/c38-33(25-29-13-5-1-6-14-29)36(27-31-17-9-3-10-18-31)23-21-35-22-24-37(28-32-19-11-4-12-20-32)34(39)26-30-15-7-2-8-16-30/h1-20,35H,21-28H2. The Kier molecular flexibility index (Phi) is 10.9. The lowest BCUT2D eigenvalue weighted by Gasteiger charge is -2.25. The predicted octanol–water partition coefficient (Wildman–Crippen LogP) is 5.12. The molecule has 4 aromatic carbocycles. The van der Waals surface area contributed by atoms with Crippen LogP contribution in [-0.2, 0) is 35.5 Å². The number of rotatable bonds is 14. The fourth-order valence-corrected chi connectivity index (χ4v) is 4.51. The largest absolute Gasteiger partial charge is 0.337 e. The zero-order chi connectivity index (χ0) is 27.1. The number of nitrogens with one attached hydrogen (secondary N) is 1. The Morgan fingerprint density at radius 1 is 0.462 bits per heavy atom. The molecule has 0 aliphatic heterocycles. The van der Waals surface area contributed by atoms with E-state index in [9.17, 15) is 9.59 Å². The van der Waals surface area contributed by atoms with Crippen LogP contribution in [0.3, 0.4) is 0 Å². The Labute approximate surface area is 232 Å². The average Bonchev–Trinajstić information content (AvgIpc) is 2.98. The molecule has 1 N–H and O–H groups in total. The minimum absolute atomic E-state index is 0.107. The highest BCUT2D eigenvalue weighted by atomic mass is 16.2. The molecule has 4 aromatic rings. The zero-order valence-corrected chi connectivity index (χ0v) is 22.4. The molecule has 0 fully saturated rings. The summed E-state index contributed by atoms with van der Waals surface area (Å²) in [7, 11) is 0. The number of benzene rings is 4. The lowest BCUT2D eigenvalue weighted by atomic mass is 10.1. The van der Waals surface area contributed by atoms with Crippen molar-refractivity contribution in [2.24, 2.45) is 0 Å². The third-order valence-electron chi connectivity index (χ3n) is 6.65. The van der Waals surface area contributed by atoms with E-state index in [1.807, 2.05) is 107 Å². The first-order valence-electron chi connectivity index (χ1n) is 13.6. The SMILES string of the molecule is O=C(Cc1ccccc1)N(CCNCCN(Cc1ccccc1)C(=O)Cc1ccccc1)Cc1ccccc1. The lowest BCUT2D eigenvalue weighted by Crippen LogP contribution is -2.41. The van der Waals surface area contributed by atoms with Gasteiger partial charge in [-0.3, -0.25) is 9.59 Å². The van der Waals surface area contributed by atoms with Crippen LogP contribution < -0.4 is 5.32 Å². The Hall–Kier alpha value is -4.22. The van der Waals surface area contributed by atoms with Crippen LogP contribution in [0.1, 0.15) is 22.3 Å². The van der Waals surface area contributed by atoms with Crippen molar-refractivity contribution in [2.45, 2.75) is 25.9 Å². The normalized spacial score (nSPS) is 10.7. The summed E-state index contributed by atoms with van der Waals surface area (Å²) in [6.07, 6.45) is 0.763. The van der Waals surface area contributed by atoms with Crippen LogP contribution in [0.4, 0.5) is 0 Å². The van der Waals surface area contributed by atoms with Gasteiger partial charge in [0.05, 0.1) is 12.8 Å². The van der Waals surface area contributed by atoms with Crippen LogP contribution >= 0.6 is 0 Å². The molecule has 0 unspecified atom stereocenters. The third kappa shape index (κ3) is 9.55. The molecule has 200 valence electrons. The Morgan fingerprint density at radius 3 is 1.10 bits per heavy atom. The second-order valence-corrected chi connectivity index (χ2v) is 9.68. The van der Waals surface area contributed by atoms with E-state index in [0.717, 1.165) is 22.3 Å². The Balaban J connectivity index is 1.32. The molecule has 0 aliphatic rings. The summed E-state index contributed by atoms with van der Waals surface area (Å²) in [5, 5.41) is 3.47. The summed E-state index contributed by atoms with van der Waals surface area (Å²) in [6.45, 7) is 3.64. The lowest BCUT2D eigenvalue weighted by molar-refractivity contribution is -0.131. The van der Waals surface area contributed by atoms with Crippen LogP contribution in [0.25, 0.3) is 0 Å². The minimum atomic E-state index is 0.107. The van der Waals surface area contributed by atoms with E-state index in [-0.39, 0.29) is 11.8 Å². The first-order valence-corrected chi connectivity index (χ1v) is 13.6. The monoisotopic (exact) mass is 519 g/mol. The van der Waals surface area contributed by atoms with Crippen molar-refractivity contribution in [1.82, 2.24) is 15.1 Å². The Bertz CT molecular complexity index is 1160. The molecule has 0 saturated carbocycles. The van der Waals surface area contributed by atoms with Crippen molar-refractivity contribution < 1.29 is 9.59 Å². The molecule has 0 saturated heterocycles. The van der Waals surface area contributed by atoms with Crippen LogP contribution in [0.5, 0.6) is 0 Å². The van der Waals surface area contributed by atoms with Crippen molar-refractivity contribution in [1.29, 1.82) is 0 Å². The highest BCUT2D eigenvalue weighted by molar-refractivity contribution is 5.79. The molecular formula is C34H37N3O2. The van der Waals surface area contributed by atoms with Gasteiger partial charge < -0.3 is 15.1 Å². The highest BCUT2D eigenvalue weighted by Gasteiger charge is 2.16. The van der Waals surface area contributed by atoms with Crippen molar-refractivity contribution in [3.8, 4) is 0 Å².